The second kappa shape index (κ2) is 5.96. The van der Waals surface area contributed by atoms with Crippen molar-refractivity contribution in [2.24, 2.45) is 0 Å². The van der Waals surface area contributed by atoms with E-state index < -0.39 is 5.97 Å². The predicted molar refractivity (Wildman–Crippen MR) is 73.1 cm³/mol. The molecular weight excluding hydrogens is 270 g/mol. The molecule has 0 atom stereocenters. The third kappa shape index (κ3) is 3.11. The molecule has 0 radical (unpaired) electrons. The van der Waals surface area contributed by atoms with Crippen molar-refractivity contribution < 1.29 is 13.9 Å². The molecule has 1 aromatic carbocycles. The van der Waals surface area contributed by atoms with Crippen molar-refractivity contribution in [3.05, 3.63) is 66.3 Å². The van der Waals surface area contributed by atoms with Gasteiger partial charge in [0.25, 0.3) is 5.89 Å². The maximum Gasteiger partial charge on any atom is 0.340 e. The molecule has 6 nitrogen and oxygen atoms in total. The van der Waals surface area contributed by atoms with Crippen molar-refractivity contribution in [3.8, 4) is 11.5 Å². The van der Waals surface area contributed by atoms with Gasteiger partial charge in [-0.2, -0.15) is 0 Å². The summed E-state index contributed by atoms with van der Waals surface area (Å²) in [6.45, 7) is -0.0758. The largest absolute Gasteiger partial charge is 0.452 e. The molecule has 2 aromatic heterocycles. The molecule has 0 aliphatic rings. The molecule has 0 amide bonds. The van der Waals surface area contributed by atoms with Crippen LogP contribution in [0.25, 0.3) is 11.5 Å². The van der Waals surface area contributed by atoms with Gasteiger partial charge < -0.3 is 9.15 Å². The van der Waals surface area contributed by atoms with E-state index in [1.807, 2.05) is 30.3 Å². The Bertz CT molecular complexity index is 726. The summed E-state index contributed by atoms with van der Waals surface area (Å²) in [6, 6.07) is 12.7. The molecule has 0 spiro atoms. The van der Waals surface area contributed by atoms with Gasteiger partial charge in [0, 0.05) is 18.0 Å². The molecule has 0 saturated carbocycles. The molecule has 0 saturated heterocycles. The summed E-state index contributed by atoms with van der Waals surface area (Å²) in [7, 11) is 0. The number of pyridine rings is 1. The third-order valence-electron chi connectivity index (χ3n) is 2.71. The van der Waals surface area contributed by atoms with Gasteiger partial charge in [0.15, 0.2) is 6.61 Å². The molecule has 6 heteroatoms. The Morgan fingerprint density at radius 3 is 2.71 bits per heavy atom. The zero-order valence-corrected chi connectivity index (χ0v) is 11.0. The Morgan fingerprint density at radius 2 is 1.95 bits per heavy atom. The lowest BCUT2D eigenvalue weighted by Gasteiger charge is -2.00. The minimum absolute atomic E-state index is 0.0758. The highest BCUT2D eigenvalue weighted by molar-refractivity contribution is 5.88. The highest BCUT2D eigenvalue weighted by atomic mass is 16.5. The molecule has 0 unspecified atom stereocenters. The van der Waals surface area contributed by atoms with Crippen LogP contribution in [0.1, 0.15) is 16.2 Å². The number of benzene rings is 1. The molecular formula is C15H11N3O3. The molecule has 0 aliphatic carbocycles. The summed E-state index contributed by atoms with van der Waals surface area (Å²) in [4.78, 5) is 15.6. The van der Waals surface area contributed by atoms with Gasteiger partial charge in [-0.15, -0.1) is 10.2 Å². The molecule has 3 aromatic rings. The summed E-state index contributed by atoms with van der Waals surface area (Å²) in [6.07, 6.45) is 3.02. The molecule has 3 rings (SSSR count). The fourth-order valence-electron chi connectivity index (χ4n) is 1.70. The number of nitrogens with zero attached hydrogens (tertiary/aromatic N) is 3. The van der Waals surface area contributed by atoms with E-state index in [0.29, 0.717) is 11.5 Å². The quantitative estimate of drug-likeness (QED) is 0.684. The number of rotatable bonds is 4. The van der Waals surface area contributed by atoms with Crippen molar-refractivity contribution in [2.75, 3.05) is 0 Å². The Morgan fingerprint density at radius 1 is 1.10 bits per heavy atom. The van der Waals surface area contributed by atoms with E-state index in [-0.39, 0.29) is 12.5 Å². The van der Waals surface area contributed by atoms with E-state index in [0.717, 1.165) is 5.56 Å². The van der Waals surface area contributed by atoms with Crippen LogP contribution >= 0.6 is 0 Å². The van der Waals surface area contributed by atoms with Gasteiger partial charge >= 0.3 is 5.97 Å². The van der Waals surface area contributed by atoms with Crippen LogP contribution in [0.5, 0.6) is 0 Å². The number of hydrogen-bond donors (Lipinski definition) is 0. The maximum absolute atomic E-state index is 11.7. The van der Waals surface area contributed by atoms with Crippen LogP contribution in [0.15, 0.2) is 59.3 Å². The lowest BCUT2D eigenvalue weighted by molar-refractivity contribution is 0.0438. The van der Waals surface area contributed by atoms with Gasteiger partial charge in [0.05, 0.1) is 5.56 Å². The number of carbonyl (C=O) groups is 1. The van der Waals surface area contributed by atoms with Gasteiger partial charge in [0.1, 0.15) is 0 Å². The van der Waals surface area contributed by atoms with Crippen molar-refractivity contribution in [1.29, 1.82) is 0 Å². The third-order valence-corrected chi connectivity index (χ3v) is 2.71. The fourth-order valence-corrected chi connectivity index (χ4v) is 1.70. The van der Waals surface area contributed by atoms with E-state index in [4.69, 9.17) is 9.15 Å². The van der Waals surface area contributed by atoms with Gasteiger partial charge in [-0.3, -0.25) is 4.98 Å². The smallest absolute Gasteiger partial charge is 0.340 e. The lowest BCUT2D eigenvalue weighted by atomic mass is 10.2. The highest BCUT2D eigenvalue weighted by Crippen LogP contribution is 2.17. The molecule has 21 heavy (non-hydrogen) atoms. The molecule has 0 fully saturated rings. The van der Waals surface area contributed by atoms with Crippen molar-refractivity contribution in [3.63, 3.8) is 0 Å². The summed E-state index contributed by atoms with van der Waals surface area (Å²) >= 11 is 0. The average molecular weight is 281 g/mol. The summed E-state index contributed by atoms with van der Waals surface area (Å²) in [5.74, 6) is 0.150. The normalized spacial score (nSPS) is 10.3. The van der Waals surface area contributed by atoms with E-state index in [2.05, 4.69) is 15.2 Å². The van der Waals surface area contributed by atoms with Crippen LogP contribution in [0.3, 0.4) is 0 Å². The highest BCUT2D eigenvalue weighted by Gasteiger charge is 2.12. The van der Waals surface area contributed by atoms with Crippen LogP contribution in [0.2, 0.25) is 0 Å². The Balaban J connectivity index is 1.64. The Hall–Kier alpha value is -3.02. The van der Waals surface area contributed by atoms with E-state index in [1.165, 1.54) is 6.20 Å². The lowest BCUT2D eigenvalue weighted by Crippen LogP contribution is -2.05. The molecule has 2 heterocycles. The predicted octanol–water partition coefficient (Wildman–Crippen LogP) is 2.49. The zero-order chi connectivity index (χ0) is 14.5. The fraction of sp³-hybridized carbons (Fsp3) is 0.0667. The molecule has 0 N–H and O–H groups in total. The first kappa shape index (κ1) is 13.0. The van der Waals surface area contributed by atoms with E-state index >= 15 is 0 Å². The maximum atomic E-state index is 11.7. The van der Waals surface area contributed by atoms with Crippen molar-refractivity contribution in [1.82, 2.24) is 15.2 Å². The van der Waals surface area contributed by atoms with Gasteiger partial charge in [-0.05, 0) is 24.3 Å². The van der Waals surface area contributed by atoms with E-state index in [9.17, 15) is 4.79 Å². The number of ether oxygens (including phenoxy) is 1. The first-order chi connectivity index (χ1) is 10.3. The second-order valence-electron chi connectivity index (χ2n) is 4.18. The van der Waals surface area contributed by atoms with Crippen LogP contribution in [0.4, 0.5) is 0 Å². The molecule has 104 valence electrons. The second-order valence-corrected chi connectivity index (χ2v) is 4.18. The number of hydrogen-bond acceptors (Lipinski definition) is 6. The summed E-state index contributed by atoms with van der Waals surface area (Å²) in [5.41, 5.74) is 1.19. The standard InChI is InChI=1S/C15H11N3O3/c19-15(12-7-4-8-16-9-12)20-10-13-17-18-14(21-13)11-5-2-1-3-6-11/h1-9H,10H2. The van der Waals surface area contributed by atoms with Crippen molar-refractivity contribution >= 4 is 5.97 Å². The zero-order valence-electron chi connectivity index (χ0n) is 11.0. The first-order valence-corrected chi connectivity index (χ1v) is 6.28. The van der Waals surface area contributed by atoms with Crippen LogP contribution in [-0.2, 0) is 11.3 Å². The number of esters is 1. The Kier molecular flexibility index (Phi) is 3.68. The van der Waals surface area contributed by atoms with Gasteiger partial charge in [-0.1, -0.05) is 18.2 Å². The summed E-state index contributed by atoms with van der Waals surface area (Å²) in [5, 5.41) is 7.77. The molecule has 0 aliphatic heterocycles. The minimum atomic E-state index is -0.484. The topological polar surface area (TPSA) is 78.1 Å². The monoisotopic (exact) mass is 281 g/mol. The minimum Gasteiger partial charge on any atom is -0.452 e. The van der Waals surface area contributed by atoms with E-state index in [1.54, 1.807) is 18.3 Å². The number of carbonyl (C=O) groups excluding carboxylic acids is 1. The van der Waals surface area contributed by atoms with Gasteiger partial charge in [0.2, 0.25) is 5.89 Å². The Labute approximate surface area is 120 Å². The first-order valence-electron chi connectivity index (χ1n) is 6.28. The molecule has 0 bridgehead atoms. The number of aromatic nitrogens is 3. The van der Waals surface area contributed by atoms with Gasteiger partial charge in [-0.25, -0.2) is 4.79 Å². The summed E-state index contributed by atoms with van der Waals surface area (Å²) < 4.78 is 10.5. The van der Waals surface area contributed by atoms with Crippen molar-refractivity contribution in [2.45, 2.75) is 6.61 Å². The SMILES string of the molecule is O=C(OCc1nnc(-c2ccccc2)o1)c1cccnc1. The van der Waals surface area contributed by atoms with Crippen LogP contribution in [-0.4, -0.2) is 21.2 Å². The van der Waals surface area contributed by atoms with Crippen LogP contribution in [0, 0.1) is 0 Å². The van der Waals surface area contributed by atoms with Crippen LogP contribution < -0.4 is 0 Å². The average Bonchev–Trinajstić information content (AvgIpc) is 3.03.